The van der Waals surface area contributed by atoms with Gasteiger partial charge in [0.2, 0.25) is 11.8 Å². The number of hydrogen-bond acceptors (Lipinski definition) is 8. The van der Waals surface area contributed by atoms with E-state index in [1.165, 1.54) is 19.3 Å². The Labute approximate surface area is 286 Å². The van der Waals surface area contributed by atoms with Gasteiger partial charge in [0, 0.05) is 25.3 Å². The van der Waals surface area contributed by atoms with Gasteiger partial charge in [-0.05, 0) is 41.7 Å². The normalized spacial score (nSPS) is 24.3. The monoisotopic (exact) mass is 690 g/mol. The summed E-state index contributed by atoms with van der Waals surface area (Å²) in [6.07, 6.45) is -0.230. The molecule has 7 atom stereocenters. The lowest BCUT2D eigenvalue weighted by Crippen LogP contribution is -2.49. The summed E-state index contributed by atoms with van der Waals surface area (Å²) >= 11 is 12.9. The molecule has 0 saturated carbocycles. The number of ether oxygens (including phenoxy) is 3. The van der Waals surface area contributed by atoms with Crippen molar-refractivity contribution in [1.82, 2.24) is 10.6 Å². The van der Waals surface area contributed by atoms with Gasteiger partial charge in [-0.2, -0.15) is 0 Å². The molecule has 12 heteroatoms. The van der Waals surface area contributed by atoms with Crippen molar-refractivity contribution in [3.05, 3.63) is 76.8 Å². The molecule has 2 amide bonds. The Hall–Kier alpha value is -3.60. The maximum absolute atomic E-state index is 13.5. The molecule has 1 unspecified atom stereocenters. The first-order valence-electron chi connectivity index (χ1n) is 15.7. The minimum atomic E-state index is -1.22. The number of cyclic esters (lactones) is 2. The maximum Gasteiger partial charge on any atom is 0.347 e. The molecule has 10 nitrogen and oxygen atoms in total. The molecule has 0 bridgehead atoms. The Morgan fingerprint density at radius 2 is 1.72 bits per heavy atom. The Balaban J connectivity index is 1.92. The number of amides is 2. The summed E-state index contributed by atoms with van der Waals surface area (Å²) in [5, 5.41) is 16.2. The van der Waals surface area contributed by atoms with E-state index >= 15 is 0 Å². The highest BCUT2D eigenvalue weighted by atomic mass is 35.5. The molecular weight excluding hydrogens is 647 g/mol. The number of carbonyl (C=O) groups is 4. The molecule has 0 saturated heterocycles. The van der Waals surface area contributed by atoms with Gasteiger partial charge in [-0.25, -0.2) is 4.79 Å². The van der Waals surface area contributed by atoms with Crippen LogP contribution in [0.25, 0.3) is 0 Å². The van der Waals surface area contributed by atoms with Crippen LogP contribution in [-0.2, 0) is 35.1 Å². The molecule has 0 fully saturated rings. The Morgan fingerprint density at radius 3 is 2.36 bits per heavy atom. The van der Waals surface area contributed by atoms with Crippen molar-refractivity contribution in [2.24, 2.45) is 17.8 Å². The van der Waals surface area contributed by atoms with Crippen molar-refractivity contribution >= 4 is 47.0 Å². The number of methoxy groups -OCH3 is 1. The molecule has 0 radical (unpaired) electrons. The largest absolute Gasteiger partial charge is 0.495 e. The fraction of sp³-hybridized carbons (Fsp3) is 0.486. The zero-order valence-corrected chi connectivity index (χ0v) is 28.8. The van der Waals surface area contributed by atoms with E-state index in [4.69, 9.17) is 37.4 Å². The highest BCUT2D eigenvalue weighted by Crippen LogP contribution is 2.32. The summed E-state index contributed by atoms with van der Waals surface area (Å²) < 4.78 is 16.7. The summed E-state index contributed by atoms with van der Waals surface area (Å²) in [4.78, 5) is 52.9. The van der Waals surface area contributed by atoms with Crippen molar-refractivity contribution in [3.63, 3.8) is 0 Å². The van der Waals surface area contributed by atoms with Crippen molar-refractivity contribution < 1.29 is 38.5 Å². The molecule has 1 heterocycles. The fourth-order valence-electron chi connectivity index (χ4n) is 5.06. The van der Waals surface area contributed by atoms with Crippen LogP contribution < -0.4 is 15.4 Å². The van der Waals surface area contributed by atoms with Gasteiger partial charge in [0.05, 0.1) is 29.5 Å². The van der Waals surface area contributed by atoms with Gasteiger partial charge in [-0.3, -0.25) is 14.4 Å². The van der Waals surface area contributed by atoms with Crippen LogP contribution in [0.5, 0.6) is 5.75 Å². The standard InChI is InChI=1S/C35H44Cl2N2O8/c1-20(2)16-29-35(44)46-27(22(4)32(41)31(37)24-10-7-6-8-11-24)12-9-13-30(40)39-26(33(42)38-19-21(3)34(43)47-29)18-23-14-15-28(45-5)25(36)17-23/h6-11,13-15,17,20-22,26-27,29,31-32,41H,12,16,18-19H2,1-5H3,(H,38,42)(H,39,40)/b13-9+/t21?,22-,26+,27-,29-,31-,32+/m0/s1. The van der Waals surface area contributed by atoms with E-state index in [2.05, 4.69) is 10.6 Å². The number of alkyl halides is 1. The minimum absolute atomic E-state index is 0.0245. The predicted molar refractivity (Wildman–Crippen MR) is 179 cm³/mol. The molecule has 1 aliphatic rings. The third-order valence-electron chi connectivity index (χ3n) is 7.93. The molecule has 0 spiro atoms. The van der Waals surface area contributed by atoms with E-state index in [1.807, 2.05) is 19.9 Å². The van der Waals surface area contributed by atoms with Crippen LogP contribution in [0.2, 0.25) is 5.02 Å². The Morgan fingerprint density at radius 1 is 1.02 bits per heavy atom. The molecule has 2 aromatic carbocycles. The Bertz CT molecular complexity index is 1400. The molecule has 256 valence electrons. The molecule has 0 aromatic heterocycles. The topological polar surface area (TPSA) is 140 Å². The lowest BCUT2D eigenvalue weighted by atomic mass is 9.90. The molecule has 0 aliphatic carbocycles. The van der Waals surface area contributed by atoms with Crippen LogP contribution in [0.15, 0.2) is 60.7 Å². The van der Waals surface area contributed by atoms with E-state index in [-0.39, 0.29) is 31.7 Å². The van der Waals surface area contributed by atoms with Crippen LogP contribution in [-0.4, -0.2) is 66.9 Å². The number of benzene rings is 2. The number of nitrogens with one attached hydrogen (secondary N) is 2. The van der Waals surface area contributed by atoms with Crippen molar-refractivity contribution in [2.45, 2.75) is 76.7 Å². The second-order valence-electron chi connectivity index (χ2n) is 12.2. The quantitative estimate of drug-likeness (QED) is 0.249. The van der Waals surface area contributed by atoms with Crippen LogP contribution >= 0.6 is 23.2 Å². The number of aliphatic hydroxyl groups is 1. The number of rotatable bonds is 9. The number of carbonyl (C=O) groups excluding carboxylic acids is 4. The van der Waals surface area contributed by atoms with Crippen LogP contribution in [0.3, 0.4) is 0 Å². The van der Waals surface area contributed by atoms with Gasteiger partial charge in [0.1, 0.15) is 17.9 Å². The molecule has 1 aliphatic heterocycles. The van der Waals surface area contributed by atoms with Crippen molar-refractivity contribution in [2.75, 3.05) is 13.7 Å². The van der Waals surface area contributed by atoms with Crippen LogP contribution in [0, 0.1) is 17.8 Å². The summed E-state index contributed by atoms with van der Waals surface area (Å²) in [5.74, 6) is -3.64. The highest BCUT2D eigenvalue weighted by molar-refractivity contribution is 6.32. The summed E-state index contributed by atoms with van der Waals surface area (Å²) in [5.41, 5.74) is 1.36. The first-order chi connectivity index (χ1) is 22.3. The lowest BCUT2D eigenvalue weighted by molar-refractivity contribution is -0.177. The molecular formula is C35H44Cl2N2O8. The zero-order chi connectivity index (χ0) is 34.7. The molecule has 3 N–H and O–H groups in total. The van der Waals surface area contributed by atoms with E-state index in [9.17, 15) is 24.3 Å². The van der Waals surface area contributed by atoms with E-state index < -0.39 is 65.3 Å². The summed E-state index contributed by atoms with van der Waals surface area (Å²) in [7, 11) is 1.49. The number of halogens is 2. The van der Waals surface area contributed by atoms with Gasteiger partial charge in [0.15, 0.2) is 6.10 Å². The second kappa shape index (κ2) is 18.1. The van der Waals surface area contributed by atoms with E-state index in [0.29, 0.717) is 21.9 Å². The van der Waals surface area contributed by atoms with E-state index in [0.717, 1.165) is 0 Å². The molecule has 2 aromatic rings. The van der Waals surface area contributed by atoms with Gasteiger partial charge < -0.3 is 30.0 Å². The first-order valence-corrected chi connectivity index (χ1v) is 16.5. The van der Waals surface area contributed by atoms with Crippen molar-refractivity contribution in [3.8, 4) is 5.75 Å². The van der Waals surface area contributed by atoms with Gasteiger partial charge in [-0.15, -0.1) is 11.6 Å². The zero-order valence-electron chi connectivity index (χ0n) is 27.3. The van der Waals surface area contributed by atoms with Gasteiger partial charge in [-0.1, -0.05) is 81.8 Å². The highest BCUT2D eigenvalue weighted by Gasteiger charge is 2.36. The second-order valence-corrected chi connectivity index (χ2v) is 13.1. The number of hydrogen-bond donors (Lipinski definition) is 3. The predicted octanol–water partition coefficient (Wildman–Crippen LogP) is 4.93. The number of aliphatic hydroxyl groups excluding tert-OH is 1. The summed E-state index contributed by atoms with van der Waals surface area (Å²) in [6, 6.07) is 13.0. The molecule has 47 heavy (non-hydrogen) atoms. The average molecular weight is 692 g/mol. The smallest absolute Gasteiger partial charge is 0.347 e. The first kappa shape index (κ1) is 37.9. The van der Waals surface area contributed by atoms with Gasteiger partial charge >= 0.3 is 11.9 Å². The maximum atomic E-state index is 13.5. The van der Waals surface area contributed by atoms with Crippen LogP contribution in [0.1, 0.15) is 57.0 Å². The van der Waals surface area contributed by atoms with Crippen LogP contribution in [0.4, 0.5) is 0 Å². The fourth-order valence-corrected chi connectivity index (χ4v) is 5.72. The average Bonchev–Trinajstić information content (AvgIpc) is 3.04. The minimum Gasteiger partial charge on any atom is -0.495 e. The molecule has 3 rings (SSSR count). The third-order valence-corrected chi connectivity index (χ3v) is 8.73. The van der Waals surface area contributed by atoms with Crippen molar-refractivity contribution in [1.29, 1.82) is 0 Å². The third kappa shape index (κ3) is 11.3. The van der Waals surface area contributed by atoms with E-state index in [1.54, 1.807) is 56.3 Å². The Kier molecular flexibility index (Phi) is 14.6. The lowest BCUT2D eigenvalue weighted by Gasteiger charge is -2.31. The number of esters is 2. The summed E-state index contributed by atoms with van der Waals surface area (Å²) in [6.45, 7) is 6.91. The van der Waals surface area contributed by atoms with Gasteiger partial charge in [0.25, 0.3) is 0 Å². The SMILES string of the molecule is COc1ccc(C[C@H]2NC(=O)/C=C/C[C@@H]([C@H](C)[C@@H](O)[C@@H](Cl)c3ccccc3)OC(=O)[C@H](CC(C)C)OC(=O)C(C)CNC2=O)cc1Cl.